The number of likely N-dealkylation sites (N-methyl/N-ethyl adjacent to an activating group) is 1. The van der Waals surface area contributed by atoms with Crippen LogP contribution in [-0.2, 0) is 10.3 Å². The molecule has 1 aliphatic heterocycles. The third-order valence-corrected chi connectivity index (χ3v) is 4.19. The molecule has 0 aliphatic carbocycles. The molecule has 1 aromatic rings. The summed E-state index contributed by atoms with van der Waals surface area (Å²) in [7, 11) is 3.98. The molecule has 2 rings (SSSR count). The molecular formula is C16H25N3O. The molecule has 20 heavy (non-hydrogen) atoms. The van der Waals surface area contributed by atoms with Crippen molar-refractivity contribution in [3.63, 3.8) is 0 Å². The summed E-state index contributed by atoms with van der Waals surface area (Å²) in [6.45, 7) is 4.75. The van der Waals surface area contributed by atoms with Crippen molar-refractivity contribution in [3.8, 4) is 0 Å². The van der Waals surface area contributed by atoms with Gasteiger partial charge in [0.25, 0.3) is 0 Å². The molecular weight excluding hydrogens is 250 g/mol. The van der Waals surface area contributed by atoms with E-state index < -0.39 is 5.54 Å². The van der Waals surface area contributed by atoms with E-state index in [4.69, 9.17) is 5.73 Å². The highest BCUT2D eigenvalue weighted by Crippen LogP contribution is 2.22. The van der Waals surface area contributed by atoms with Crippen LogP contribution in [0.15, 0.2) is 30.3 Å². The molecule has 4 heteroatoms. The molecule has 1 amide bonds. The number of amides is 1. The Bertz CT molecular complexity index is 458. The number of nitrogens with two attached hydrogens (primary N) is 1. The third-order valence-electron chi connectivity index (χ3n) is 4.19. The molecule has 1 aliphatic rings. The van der Waals surface area contributed by atoms with Crippen molar-refractivity contribution in [3.05, 3.63) is 35.9 Å². The van der Waals surface area contributed by atoms with E-state index in [9.17, 15) is 4.79 Å². The van der Waals surface area contributed by atoms with Gasteiger partial charge in [-0.15, -0.1) is 0 Å². The van der Waals surface area contributed by atoms with Crippen LogP contribution in [0.3, 0.4) is 0 Å². The van der Waals surface area contributed by atoms with Gasteiger partial charge in [0.1, 0.15) is 5.54 Å². The summed E-state index contributed by atoms with van der Waals surface area (Å²) in [5.74, 6) is 0.541. The molecule has 0 bridgehead atoms. The lowest BCUT2D eigenvalue weighted by Crippen LogP contribution is -2.50. The maximum atomic E-state index is 12.6. The first-order valence-electron chi connectivity index (χ1n) is 7.19. The molecule has 110 valence electrons. The summed E-state index contributed by atoms with van der Waals surface area (Å²) in [6, 6.07) is 9.59. The van der Waals surface area contributed by atoms with Gasteiger partial charge in [-0.1, -0.05) is 30.3 Å². The normalized spacial score (nSPS) is 22.5. The standard InChI is InChI=1S/C16H25N3O/c1-16(17,14-7-5-4-6-8-14)15(20)19(3)12-13-9-10-18(2)11-13/h4-8,13H,9-12,17H2,1-3H3. The van der Waals surface area contributed by atoms with Crippen LogP contribution in [0.25, 0.3) is 0 Å². The van der Waals surface area contributed by atoms with Crippen LogP contribution in [0.1, 0.15) is 18.9 Å². The zero-order valence-electron chi connectivity index (χ0n) is 12.7. The lowest BCUT2D eigenvalue weighted by Gasteiger charge is -2.31. The average Bonchev–Trinajstić information content (AvgIpc) is 2.84. The monoisotopic (exact) mass is 275 g/mol. The zero-order valence-corrected chi connectivity index (χ0v) is 12.7. The lowest BCUT2D eigenvalue weighted by molar-refractivity contribution is -0.136. The zero-order chi connectivity index (χ0) is 14.8. The molecule has 2 N–H and O–H groups in total. The van der Waals surface area contributed by atoms with E-state index in [0.717, 1.165) is 31.6 Å². The Kier molecular flexibility index (Phi) is 4.45. The van der Waals surface area contributed by atoms with Crippen LogP contribution in [0.2, 0.25) is 0 Å². The molecule has 1 saturated heterocycles. The van der Waals surface area contributed by atoms with Crippen molar-refractivity contribution in [2.24, 2.45) is 11.7 Å². The van der Waals surface area contributed by atoms with E-state index in [1.165, 1.54) is 0 Å². The lowest BCUT2D eigenvalue weighted by atomic mass is 9.91. The number of nitrogens with zero attached hydrogens (tertiary/aromatic N) is 2. The first-order valence-corrected chi connectivity index (χ1v) is 7.19. The molecule has 2 unspecified atom stereocenters. The van der Waals surface area contributed by atoms with Crippen LogP contribution in [0.4, 0.5) is 0 Å². The van der Waals surface area contributed by atoms with Gasteiger partial charge in [0.05, 0.1) is 0 Å². The van der Waals surface area contributed by atoms with Gasteiger partial charge in [-0.25, -0.2) is 0 Å². The SMILES string of the molecule is CN1CCC(CN(C)C(=O)C(C)(N)c2ccccc2)C1. The van der Waals surface area contributed by atoms with Crippen molar-refractivity contribution >= 4 is 5.91 Å². The van der Waals surface area contributed by atoms with Gasteiger partial charge in [-0.3, -0.25) is 4.79 Å². The Morgan fingerprint density at radius 1 is 1.45 bits per heavy atom. The van der Waals surface area contributed by atoms with Gasteiger partial charge in [0.15, 0.2) is 0 Å². The number of carbonyl (C=O) groups excluding carboxylic acids is 1. The quantitative estimate of drug-likeness (QED) is 0.900. The number of hydrogen-bond donors (Lipinski definition) is 1. The van der Waals surface area contributed by atoms with Crippen molar-refractivity contribution < 1.29 is 4.79 Å². The summed E-state index contributed by atoms with van der Waals surface area (Å²) in [5.41, 5.74) is 6.19. The Morgan fingerprint density at radius 2 is 2.10 bits per heavy atom. The maximum Gasteiger partial charge on any atom is 0.246 e. The molecule has 0 radical (unpaired) electrons. The summed E-state index contributed by atoms with van der Waals surface area (Å²) in [4.78, 5) is 16.7. The average molecular weight is 275 g/mol. The predicted molar refractivity (Wildman–Crippen MR) is 81.2 cm³/mol. The van der Waals surface area contributed by atoms with Crippen LogP contribution >= 0.6 is 0 Å². The topological polar surface area (TPSA) is 49.6 Å². The smallest absolute Gasteiger partial charge is 0.246 e. The Morgan fingerprint density at radius 3 is 2.65 bits per heavy atom. The van der Waals surface area contributed by atoms with Crippen LogP contribution in [0.5, 0.6) is 0 Å². The fourth-order valence-corrected chi connectivity index (χ4v) is 2.95. The highest BCUT2D eigenvalue weighted by Gasteiger charge is 2.34. The molecule has 1 fully saturated rings. The molecule has 2 atom stereocenters. The van der Waals surface area contributed by atoms with E-state index in [2.05, 4.69) is 11.9 Å². The van der Waals surface area contributed by atoms with Crippen LogP contribution in [0, 0.1) is 5.92 Å². The Balaban J connectivity index is 2.02. The first-order chi connectivity index (χ1) is 9.41. The Labute approximate surface area is 121 Å². The molecule has 0 aromatic heterocycles. The number of carbonyl (C=O) groups is 1. The fraction of sp³-hybridized carbons (Fsp3) is 0.562. The highest BCUT2D eigenvalue weighted by molar-refractivity contribution is 5.86. The Hall–Kier alpha value is -1.39. The maximum absolute atomic E-state index is 12.6. The van der Waals surface area contributed by atoms with E-state index in [-0.39, 0.29) is 5.91 Å². The van der Waals surface area contributed by atoms with Gasteiger partial charge in [-0.2, -0.15) is 0 Å². The van der Waals surface area contributed by atoms with Gasteiger partial charge in [0.2, 0.25) is 5.91 Å². The van der Waals surface area contributed by atoms with E-state index >= 15 is 0 Å². The largest absolute Gasteiger partial charge is 0.344 e. The molecule has 0 spiro atoms. The van der Waals surface area contributed by atoms with Crippen molar-refractivity contribution in [2.75, 3.05) is 33.7 Å². The van der Waals surface area contributed by atoms with Crippen molar-refractivity contribution in [1.82, 2.24) is 9.80 Å². The minimum atomic E-state index is -0.958. The molecule has 1 heterocycles. The van der Waals surface area contributed by atoms with Crippen molar-refractivity contribution in [1.29, 1.82) is 0 Å². The van der Waals surface area contributed by atoms with Crippen molar-refractivity contribution in [2.45, 2.75) is 18.9 Å². The highest BCUT2D eigenvalue weighted by atomic mass is 16.2. The molecule has 0 saturated carbocycles. The number of rotatable bonds is 4. The second kappa shape index (κ2) is 5.94. The second-order valence-corrected chi connectivity index (χ2v) is 6.17. The third kappa shape index (κ3) is 3.19. The minimum absolute atomic E-state index is 0.0155. The van der Waals surface area contributed by atoms with Gasteiger partial charge in [-0.05, 0) is 38.4 Å². The second-order valence-electron chi connectivity index (χ2n) is 6.17. The fourth-order valence-electron chi connectivity index (χ4n) is 2.95. The first kappa shape index (κ1) is 15.0. The minimum Gasteiger partial charge on any atom is -0.344 e. The molecule has 4 nitrogen and oxygen atoms in total. The van der Waals surface area contributed by atoms with E-state index in [0.29, 0.717) is 5.92 Å². The van der Waals surface area contributed by atoms with Gasteiger partial charge < -0.3 is 15.5 Å². The number of likely N-dealkylation sites (tertiary alicyclic amines) is 1. The number of benzene rings is 1. The molecule has 1 aromatic carbocycles. The van der Waals surface area contributed by atoms with E-state index in [1.54, 1.807) is 11.8 Å². The summed E-state index contributed by atoms with van der Waals surface area (Å²) in [6.07, 6.45) is 1.15. The predicted octanol–water partition coefficient (Wildman–Crippen LogP) is 1.27. The summed E-state index contributed by atoms with van der Waals surface area (Å²) in [5, 5.41) is 0. The van der Waals surface area contributed by atoms with Gasteiger partial charge in [0, 0.05) is 20.1 Å². The van der Waals surface area contributed by atoms with Crippen LogP contribution < -0.4 is 5.73 Å². The summed E-state index contributed by atoms with van der Waals surface area (Å²) >= 11 is 0. The summed E-state index contributed by atoms with van der Waals surface area (Å²) < 4.78 is 0. The van der Waals surface area contributed by atoms with Crippen LogP contribution in [-0.4, -0.2) is 49.4 Å². The van der Waals surface area contributed by atoms with E-state index in [1.807, 2.05) is 37.4 Å². The van der Waals surface area contributed by atoms with Gasteiger partial charge >= 0.3 is 0 Å². The number of hydrogen-bond acceptors (Lipinski definition) is 3.